The van der Waals surface area contributed by atoms with E-state index in [0.717, 1.165) is 11.1 Å². The Kier molecular flexibility index (Phi) is 6.54. The zero-order valence-corrected chi connectivity index (χ0v) is 14.8. The number of carbonyl (C=O) groups excluding carboxylic acids is 1. The van der Waals surface area contributed by atoms with E-state index in [4.69, 9.17) is 4.74 Å². The van der Waals surface area contributed by atoms with Crippen LogP contribution in [0.15, 0.2) is 102 Å². The molecule has 0 aromatic heterocycles. The van der Waals surface area contributed by atoms with Crippen LogP contribution >= 0.6 is 0 Å². The number of allylic oxidation sites excluding steroid dienone is 1. The molecule has 0 spiro atoms. The van der Waals surface area contributed by atoms with E-state index in [1.165, 1.54) is 0 Å². The SMILES string of the molecule is O=C(COc1ccccc1)N/N=C(/C=C/c1ccccc1)c1ccccc1. The molecular formula is C23H20N2O2. The molecule has 0 unspecified atom stereocenters. The van der Waals surface area contributed by atoms with Crippen LogP contribution < -0.4 is 10.2 Å². The summed E-state index contributed by atoms with van der Waals surface area (Å²) in [7, 11) is 0. The first-order chi connectivity index (χ1) is 13.3. The summed E-state index contributed by atoms with van der Waals surface area (Å²) < 4.78 is 5.44. The van der Waals surface area contributed by atoms with Crippen molar-refractivity contribution in [2.75, 3.05) is 6.61 Å². The first-order valence-electron chi connectivity index (χ1n) is 8.64. The first kappa shape index (κ1) is 18.1. The van der Waals surface area contributed by atoms with Crippen LogP contribution in [0.4, 0.5) is 0 Å². The Balaban J connectivity index is 1.68. The Morgan fingerprint density at radius 1 is 0.852 bits per heavy atom. The zero-order valence-electron chi connectivity index (χ0n) is 14.8. The zero-order chi connectivity index (χ0) is 18.7. The molecule has 134 valence electrons. The number of hydrogen-bond donors (Lipinski definition) is 1. The molecule has 3 rings (SSSR count). The summed E-state index contributed by atoms with van der Waals surface area (Å²) in [5, 5.41) is 4.27. The highest BCUT2D eigenvalue weighted by Crippen LogP contribution is 2.08. The second-order valence-corrected chi connectivity index (χ2v) is 5.74. The lowest BCUT2D eigenvalue weighted by molar-refractivity contribution is -0.123. The summed E-state index contributed by atoms with van der Waals surface area (Å²) in [5.41, 5.74) is 5.19. The third kappa shape index (κ3) is 5.97. The van der Waals surface area contributed by atoms with Gasteiger partial charge in [0.2, 0.25) is 0 Å². The van der Waals surface area contributed by atoms with Gasteiger partial charge in [-0.1, -0.05) is 84.9 Å². The summed E-state index contributed by atoms with van der Waals surface area (Å²) >= 11 is 0. The molecule has 0 radical (unpaired) electrons. The molecule has 4 heteroatoms. The van der Waals surface area contributed by atoms with Gasteiger partial charge in [-0.3, -0.25) is 4.79 Å². The molecule has 0 aliphatic carbocycles. The molecule has 0 saturated carbocycles. The minimum absolute atomic E-state index is 0.0992. The highest BCUT2D eigenvalue weighted by molar-refractivity contribution is 6.11. The van der Waals surface area contributed by atoms with Crippen LogP contribution in [-0.4, -0.2) is 18.2 Å². The normalized spacial score (nSPS) is 11.3. The van der Waals surface area contributed by atoms with E-state index < -0.39 is 0 Å². The van der Waals surface area contributed by atoms with Gasteiger partial charge in [0.15, 0.2) is 6.61 Å². The van der Waals surface area contributed by atoms with Crippen molar-refractivity contribution in [1.29, 1.82) is 0 Å². The molecule has 3 aromatic carbocycles. The number of para-hydroxylation sites is 1. The summed E-state index contributed by atoms with van der Waals surface area (Å²) in [4.78, 5) is 12.1. The predicted octanol–water partition coefficient (Wildman–Crippen LogP) is 4.30. The molecule has 1 amide bonds. The molecule has 0 aliphatic rings. The number of benzene rings is 3. The minimum atomic E-state index is -0.319. The summed E-state index contributed by atoms with van der Waals surface area (Å²) in [6.45, 7) is -0.0992. The van der Waals surface area contributed by atoms with Gasteiger partial charge in [0, 0.05) is 5.56 Å². The maximum atomic E-state index is 12.1. The van der Waals surface area contributed by atoms with Gasteiger partial charge >= 0.3 is 0 Å². The van der Waals surface area contributed by atoms with Crippen molar-refractivity contribution in [2.45, 2.75) is 0 Å². The third-order valence-corrected chi connectivity index (χ3v) is 3.72. The summed E-state index contributed by atoms with van der Waals surface area (Å²) in [6.07, 6.45) is 3.83. The lowest BCUT2D eigenvalue weighted by Crippen LogP contribution is -2.25. The Morgan fingerprint density at radius 3 is 2.11 bits per heavy atom. The van der Waals surface area contributed by atoms with E-state index in [1.807, 2.05) is 91.0 Å². The lowest BCUT2D eigenvalue weighted by atomic mass is 10.1. The van der Waals surface area contributed by atoms with Crippen LogP contribution in [-0.2, 0) is 4.79 Å². The number of nitrogens with one attached hydrogen (secondary N) is 1. The Morgan fingerprint density at radius 2 is 1.44 bits per heavy atom. The number of nitrogens with zero attached hydrogens (tertiary/aromatic N) is 1. The van der Waals surface area contributed by atoms with Gasteiger partial charge in [-0.15, -0.1) is 0 Å². The fourth-order valence-corrected chi connectivity index (χ4v) is 2.37. The summed E-state index contributed by atoms with van der Waals surface area (Å²) in [6, 6.07) is 28.8. The van der Waals surface area contributed by atoms with Crippen molar-refractivity contribution in [3.63, 3.8) is 0 Å². The largest absolute Gasteiger partial charge is 0.484 e. The van der Waals surface area contributed by atoms with Crippen LogP contribution in [0, 0.1) is 0 Å². The number of amides is 1. The highest BCUT2D eigenvalue weighted by Gasteiger charge is 2.04. The van der Waals surface area contributed by atoms with Gasteiger partial charge in [0.1, 0.15) is 5.75 Å². The molecule has 0 heterocycles. The lowest BCUT2D eigenvalue weighted by Gasteiger charge is -2.06. The van der Waals surface area contributed by atoms with Gasteiger partial charge < -0.3 is 4.74 Å². The number of hydrazone groups is 1. The second-order valence-electron chi connectivity index (χ2n) is 5.74. The molecular weight excluding hydrogens is 336 g/mol. The Labute approximate surface area is 158 Å². The topological polar surface area (TPSA) is 50.7 Å². The van der Waals surface area contributed by atoms with Crippen LogP contribution in [0.2, 0.25) is 0 Å². The van der Waals surface area contributed by atoms with Crippen molar-refractivity contribution < 1.29 is 9.53 Å². The van der Waals surface area contributed by atoms with Gasteiger partial charge in [0.25, 0.3) is 5.91 Å². The minimum Gasteiger partial charge on any atom is -0.484 e. The average Bonchev–Trinajstić information content (AvgIpc) is 2.74. The van der Waals surface area contributed by atoms with E-state index >= 15 is 0 Å². The van der Waals surface area contributed by atoms with E-state index in [2.05, 4.69) is 10.5 Å². The smallest absolute Gasteiger partial charge is 0.277 e. The Hall–Kier alpha value is -3.66. The molecule has 27 heavy (non-hydrogen) atoms. The molecule has 0 aliphatic heterocycles. The van der Waals surface area contributed by atoms with Crippen molar-refractivity contribution in [3.8, 4) is 5.75 Å². The monoisotopic (exact) mass is 356 g/mol. The van der Waals surface area contributed by atoms with E-state index in [0.29, 0.717) is 11.5 Å². The maximum absolute atomic E-state index is 12.1. The fourth-order valence-electron chi connectivity index (χ4n) is 2.37. The van der Waals surface area contributed by atoms with Crippen molar-refractivity contribution in [1.82, 2.24) is 5.43 Å². The quantitative estimate of drug-likeness (QED) is 0.507. The summed E-state index contributed by atoms with van der Waals surface area (Å²) in [5.74, 6) is 0.323. The van der Waals surface area contributed by atoms with Crippen molar-refractivity contribution in [3.05, 3.63) is 108 Å². The molecule has 0 bridgehead atoms. The second kappa shape index (κ2) is 9.73. The predicted molar refractivity (Wildman–Crippen MR) is 109 cm³/mol. The molecule has 1 N–H and O–H groups in total. The fraction of sp³-hybridized carbons (Fsp3) is 0.0435. The maximum Gasteiger partial charge on any atom is 0.277 e. The molecule has 4 nitrogen and oxygen atoms in total. The van der Waals surface area contributed by atoms with Crippen LogP contribution in [0.3, 0.4) is 0 Å². The van der Waals surface area contributed by atoms with Crippen molar-refractivity contribution >= 4 is 17.7 Å². The standard InChI is InChI=1S/C23H20N2O2/c26-23(18-27-21-14-8-3-9-15-21)25-24-22(20-12-6-2-7-13-20)17-16-19-10-4-1-5-11-19/h1-17H,18H2,(H,25,26)/b17-16+,24-22-. The number of hydrogen-bond acceptors (Lipinski definition) is 3. The van der Waals surface area contributed by atoms with Crippen LogP contribution in [0.5, 0.6) is 5.75 Å². The van der Waals surface area contributed by atoms with E-state index in [9.17, 15) is 4.79 Å². The van der Waals surface area contributed by atoms with Gasteiger partial charge in [-0.25, -0.2) is 5.43 Å². The highest BCUT2D eigenvalue weighted by atomic mass is 16.5. The Bertz CT molecular complexity index is 905. The molecule has 3 aromatic rings. The number of carbonyl (C=O) groups is 1. The van der Waals surface area contributed by atoms with Gasteiger partial charge in [0.05, 0.1) is 5.71 Å². The molecule has 0 saturated heterocycles. The third-order valence-electron chi connectivity index (χ3n) is 3.72. The first-order valence-corrected chi connectivity index (χ1v) is 8.64. The van der Waals surface area contributed by atoms with Gasteiger partial charge in [-0.2, -0.15) is 5.10 Å². The average molecular weight is 356 g/mol. The van der Waals surface area contributed by atoms with Gasteiger partial charge in [-0.05, 0) is 23.8 Å². The molecule has 0 fully saturated rings. The van der Waals surface area contributed by atoms with Crippen LogP contribution in [0.1, 0.15) is 11.1 Å². The van der Waals surface area contributed by atoms with Crippen molar-refractivity contribution in [2.24, 2.45) is 5.10 Å². The van der Waals surface area contributed by atoms with Crippen LogP contribution in [0.25, 0.3) is 6.08 Å². The van der Waals surface area contributed by atoms with E-state index in [-0.39, 0.29) is 12.5 Å². The van der Waals surface area contributed by atoms with E-state index in [1.54, 1.807) is 12.1 Å². The number of ether oxygens (including phenoxy) is 1. The molecule has 0 atom stereocenters. The number of rotatable bonds is 7.